The average molecular weight is 418 g/mol. The van der Waals surface area contributed by atoms with Crippen molar-refractivity contribution in [2.75, 3.05) is 32.0 Å². The second-order valence-corrected chi connectivity index (χ2v) is 8.88. The molecule has 7 heteroatoms. The first-order valence-electron chi connectivity index (χ1n) is 10.0. The van der Waals surface area contributed by atoms with Crippen molar-refractivity contribution in [3.8, 4) is 0 Å². The monoisotopic (exact) mass is 417 g/mol. The maximum Gasteiger partial charge on any atom is 0.240 e. The third kappa shape index (κ3) is 8.35. The number of unbranched alkanes of at least 4 members (excludes halogenated alkanes) is 1. The number of carbonyl (C=O) groups is 1. The van der Waals surface area contributed by atoms with Crippen LogP contribution in [0.2, 0.25) is 0 Å². The maximum atomic E-state index is 12.4. The van der Waals surface area contributed by atoms with E-state index >= 15 is 0 Å². The Morgan fingerprint density at radius 2 is 1.69 bits per heavy atom. The fraction of sp³-hybridized carbons (Fsp3) is 0.409. The van der Waals surface area contributed by atoms with Crippen LogP contribution < -0.4 is 10.0 Å². The van der Waals surface area contributed by atoms with Crippen LogP contribution in [0.15, 0.2) is 59.5 Å². The summed E-state index contributed by atoms with van der Waals surface area (Å²) in [6, 6.07) is 16.0. The molecule has 29 heavy (non-hydrogen) atoms. The van der Waals surface area contributed by atoms with Gasteiger partial charge in [0.2, 0.25) is 15.9 Å². The lowest BCUT2D eigenvalue weighted by molar-refractivity contribution is -0.116. The predicted octanol–water partition coefficient (Wildman–Crippen LogP) is 3.27. The van der Waals surface area contributed by atoms with E-state index in [-0.39, 0.29) is 10.8 Å². The molecule has 0 aromatic heterocycles. The first-order chi connectivity index (χ1) is 13.9. The molecule has 0 radical (unpaired) electrons. The van der Waals surface area contributed by atoms with Gasteiger partial charge in [-0.25, -0.2) is 13.1 Å². The fourth-order valence-corrected chi connectivity index (χ4v) is 3.86. The Kier molecular flexibility index (Phi) is 9.31. The van der Waals surface area contributed by atoms with Gasteiger partial charge in [-0.15, -0.1) is 0 Å². The second-order valence-electron chi connectivity index (χ2n) is 7.11. The van der Waals surface area contributed by atoms with Gasteiger partial charge in [0.15, 0.2) is 0 Å². The van der Waals surface area contributed by atoms with Crippen molar-refractivity contribution in [3.05, 3.63) is 60.2 Å². The predicted molar refractivity (Wildman–Crippen MR) is 117 cm³/mol. The molecule has 2 N–H and O–H groups in total. The van der Waals surface area contributed by atoms with Gasteiger partial charge in [0.05, 0.1) is 4.90 Å². The fourth-order valence-electron chi connectivity index (χ4n) is 2.83. The van der Waals surface area contributed by atoms with Gasteiger partial charge >= 0.3 is 0 Å². The van der Waals surface area contributed by atoms with Crippen LogP contribution in [0.1, 0.15) is 31.7 Å². The van der Waals surface area contributed by atoms with Crippen molar-refractivity contribution in [3.63, 3.8) is 0 Å². The van der Waals surface area contributed by atoms with E-state index in [1.54, 1.807) is 12.1 Å². The number of anilines is 1. The molecule has 0 aliphatic carbocycles. The molecule has 0 atom stereocenters. The lowest BCUT2D eigenvalue weighted by Crippen LogP contribution is -2.26. The number of nitrogens with one attached hydrogen (secondary N) is 2. The number of amides is 1. The third-order valence-corrected chi connectivity index (χ3v) is 6.09. The normalized spacial score (nSPS) is 11.6. The van der Waals surface area contributed by atoms with E-state index in [0.29, 0.717) is 31.6 Å². The molecule has 158 valence electrons. The molecule has 0 fully saturated rings. The van der Waals surface area contributed by atoms with Crippen LogP contribution in [-0.2, 0) is 21.2 Å². The van der Waals surface area contributed by atoms with E-state index in [2.05, 4.69) is 21.9 Å². The Morgan fingerprint density at radius 1 is 1.00 bits per heavy atom. The van der Waals surface area contributed by atoms with Gasteiger partial charge in [0.1, 0.15) is 0 Å². The molecule has 1 amide bonds. The van der Waals surface area contributed by atoms with Gasteiger partial charge in [0.25, 0.3) is 0 Å². The highest BCUT2D eigenvalue weighted by Gasteiger charge is 2.13. The summed E-state index contributed by atoms with van der Waals surface area (Å²) >= 11 is 0. The molecule has 0 saturated carbocycles. The minimum Gasteiger partial charge on any atom is -0.326 e. The molecule has 0 aliphatic heterocycles. The topological polar surface area (TPSA) is 78.5 Å². The van der Waals surface area contributed by atoms with Crippen molar-refractivity contribution < 1.29 is 13.2 Å². The molecule has 0 unspecified atom stereocenters. The Labute approximate surface area is 174 Å². The van der Waals surface area contributed by atoms with E-state index in [1.165, 1.54) is 12.1 Å². The van der Waals surface area contributed by atoms with Crippen LogP contribution in [0.5, 0.6) is 0 Å². The molecule has 2 rings (SSSR count). The summed E-state index contributed by atoms with van der Waals surface area (Å²) in [5, 5.41) is 2.82. The SMILES string of the molecule is CCCCN(C)CCC(=O)Nc1ccc(S(=O)(=O)NCCc2ccccc2)cc1. The van der Waals surface area contributed by atoms with Crippen molar-refractivity contribution in [2.24, 2.45) is 0 Å². The molecular formula is C22H31N3O3S. The molecule has 0 heterocycles. The standard InChI is InChI=1S/C22H31N3O3S/c1-3-4-17-25(2)18-15-22(26)24-20-10-12-21(13-11-20)29(27,28)23-16-14-19-8-6-5-7-9-19/h5-13,23H,3-4,14-18H2,1-2H3,(H,24,26). The Hall–Kier alpha value is -2.22. The molecule has 0 aliphatic rings. The summed E-state index contributed by atoms with van der Waals surface area (Å²) in [4.78, 5) is 14.4. The van der Waals surface area contributed by atoms with Crippen LogP contribution in [-0.4, -0.2) is 45.9 Å². The minimum absolute atomic E-state index is 0.0788. The van der Waals surface area contributed by atoms with Crippen LogP contribution in [0, 0.1) is 0 Å². The van der Waals surface area contributed by atoms with Gasteiger partial charge in [-0.2, -0.15) is 0 Å². The van der Waals surface area contributed by atoms with Gasteiger partial charge in [-0.05, 0) is 56.3 Å². The van der Waals surface area contributed by atoms with Gasteiger partial charge in [0, 0.05) is 25.2 Å². The van der Waals surface area contributed by atoms with Crippen molar-refractivity contribution >= 4 is 21.6 Å². The van der Waals surface area contributed by atoms with E-state index in [9.17, 15) is 13.2 Å². The first kappa shape index (κ1) is 23.1. The first-order valence-corrected chi connectivity index (χ1v) is 11.5. The van der Waals surface area contributed by atoms with Gasteiger partial charge in [-0.1, -0.05) is 43.7 Å². The smallest absolute Gasteiger partial charge is 0.240 e. The highest BCUT2D eigenvalue weighted by Crippen LogP contribution is 2.14. The second kappa shape index (κ2) is 11.7. The number of hydrogen-bond acceptors (Lipinski definition) is 4. The minimum atomic E-state index is -3.58. The van der Waals surface area contributed by atoms with Crippen LogP contribution in [0.3, 0.4) is 0 Å². The van der Waals surface area contributed by atoms with Crippen LogP contribution in [0.4, 0.5) is 5.69 Å². The highest BCUT2D eigenvalue weighted by atomic mass is 32.2. The Balaban J connectivity index is 1.81. The quantitative estimate of drug-likeness (QED) is 0.556. The van der Waals surface area contributed by atoms with E-state index in [0.717, 1.165) is 24.9 Å². The molecule has 2 aromatic rings. The third-order valence-electron chi connectivity index (χ3n) is 4.61. The zero-order chi connectivity index (χ0) is 21.1. The summed E-state index contributed by atoms with van der Waals surface area (Å²) < 4.78 is 27.4. The Bertz CT molecular complexity index is 853. The number of hydrogen-bond donors (Lipinski definition) is 2. The zero-order valence-electron chi connectivity index (χ0n) is 17.2. The summed E-state index contributed by atoms with van der Waals surface area (Å²) in [6.45, 7) is 4.15. The van der Waals surface area contributed by atoms with Gasteiger partial charge in [-0.3, -0.25) is 4.79 Å². The number of rotatable bonds is 12. The number of sulfonamides is 1. The zero-order valence-corrected chi connectivity index (χ0v) is 18.0. The molecule has 0 spiro atoms. The van der Waals surface area contributed by atoms with E-state index in [1.807, 2.05) is 37.4 Å². The lowest BCUT2D eigenvalue weighted by atomic mass is 10.2. The molecule has 2 aromatic carbocycles. The molecule has 0 saturated heterocycles. The van der Waals surface area contributed by atoms with E-state index in [4.69, 9.17) is 0 Å². The highest BCUT2D eigenvalue weighted by molar-refractivity contribution is 7.89. The summed E-state index contributed by atoms with van der Waals surface area (Å²) in [6.07, 6.45) is 3.28. The summed E-state index contributed by atoms with van der Waals surface area (Å²) in [7, 11) is -1.57. The Morgan fingerprint density at radius 3 is 2.34 bits per heavy atom. The summed E-state index contributed by atoms with van der Waals surface area (Å²) in [5.41, 5.74) is 1.67. The van der Waals surface area contributed by atoms with Crippen molar-refractivity contribution in [1.82, 2.24) is 9.62 Å². The molecule has 0 bridgehead atoms. The van der Waals surface area contributed by atoms with Crippen molar-refractivity contribution in [2.45, 2.75) is 37.5 Å². The lowest BCUT2D eigenvalue weighted by Gasteiger charge is -2.15. The average Bonchev–Trinajstić information content (AvgIpc) is 2.72. The van der Waals surface area contributed by atoms with Crippen molar-refractivity contribution in [1.29, 1.82) is 0 Å². The largest absolute Gasteiger partial charge is 0.326 e. The van der Waals surface area contributed by atoms with Crippen LogP contribution >= 0.6 is 0 Å². The molecule has 6 nitrogen and oxygen atoms in total. The number of nitrogens with zero attached hydrogens (tertiary/aromatic N) is 1. The number of benzene rings is 2. The summed E-state index contributed by atoms with van der Waals surface area (Å²) in [5.74, 6) is -0.0788. The van der Waals surface area contributed by atoms with Gasteiger partial charge < -0.3 is 10.2 Å². The van der Waals surface area contributed by atoms with E-state index < -0.39 is 10.0 Å². The molecular weight excluding hydrogens is 386 g/mol. The van der Waals surface area contributed by atoms with Crippen LogP contribution in [0.25, 0.3) is 0 Å². The number of carbonyl (C=O) groups excluding carboxylic acids is 1. The maximum absolute atomic E-state index is 12.4.